The Kier molecular flexibility index (Phi) is 5.65. The lowest BCUT2D eigenvalue weighted by atomic mass is 10.1. The molecule has 9 heteroatoms. The number of nitrogens with one attached hydrogen (secondary N) is 1. The summed E-state index contributed by atoms with van der Waals surface area (Å²) in [6, 6.07) is 12.7. The molecule has 0 aliphatic carbocycles. The van der Waals surface area contributed by atoms with E-state index in [0.29, 0.717) is 10.8 Å². The number of phenolic OH excluding ortho intramolecular Hbond substituents is 1. The van der Waals surface area contributed by atoms with Gasteiger partial charge >= 0.3 is 12.1 Å². The van der Waals surface area contributed by atoms with Crippen molar-refractivity contribution in [2.24, 2.45) is 0 Å². The standard InChI is InChI=1S/C20H13ClF3NO4/c21-15-7-3-6-14(20(22,23)24)17(15)25-16(26)10-29-19(28)13-9-8-11-4-1-2-5-12(11)18(13)27/h1-9,27H,10H2,(H,25,26). The van der Waals surface area contributed by atoms with Crippen molar-refractivity contribution in [1.82, 2.24) is 0 Å². The van der Waals surface area contributed by atoms with E-state index in [1.165, 1.54) is 12.1 Å². The number of halogens is 4. The zero-order chi connectivity index (χ0) is 21.2. The maximum absolute atomic E-state index is 13.1. The van der Waals surface area contributed by atoms with Crippen LogP contribution in [-0.4, -0.2) is 23.6 Å². The highest BCUT2D eigenvalue weighted by Crippen LogP contribution is 2.38. The minimum absolute atomic E-state index is 0.176. The molecule has 5 nitrogen and oxygen atoms in total. The average Bonchev–Trinajstić information content (AvgIpc) is 2.67. The van der Waals surface area contributed by atoms with Crippen LogP contribution in [0.3, 0.4) is 0 Å². The van der Waals surface area contributed by atoms with Crippen molar-refractivity contribution in [3.8, 4) is 5.75 Å². The summed E-state index contributed by atoms with van der Waals surface area (Å²) in [4.78, 5) is 24.2. The molecular weight excluding hydrogens is 411 g/mol. The van der Waals surface area contributed by atoms with Crippen LogP contribution in [0.1, 0.15) is 15.9 Å². The van der Waals surface area contributed by atoms with Gasteiger partial charge in [-0.15, -0.1) is 0 Å². The molecule has 0 fully saturated rings. The van der Waals surface area contributed by atoms with Crippen LogP contribution < -0.4 is 5.32 Å². The van der Waals surface area contributed by atoms with E-state index in [2.05, 4.69) is 0 Å². The summed E-state index contributed by atoms with van der Waals surface area (Å²) in [5.41, 5.74) is -1.93. The van der Waals surface area contributed by atoms with Crippen molar-refractivity contribution >= 4 is 39.9 Å². The van der Waals surface area contributed by atoms with Gasteiger partial charge in [0.15, 0.2) is 6.61 Å². The van der Waals surface area contributed by atoms with E-state index in [0.717, 1.165) is 12.1 Å². The molecule has 0 saturated heterocycles. The first kappa shape index (κ1) is 20.5. The van der Waals surface area contributed by atoms with Crippen molar-refractivity contribution in [3.05, 3.63) is 70.7 Å². The fraction of sp³-hybridized carbons (Fsp3) is 0.100. The molecule has 0 aromatic heterocycles. The number of fused-ring (bicyclic) bond motifs is 1. The Bertz CT molecular complexity index is 1100. The third-order valence-corrected chi connectivity index (χ3v) is 4.35. The molecule has 3 aromatic rings. The lowest BCUT2D eigenvalue weighted by Crippen LogP contribution is -2.23. The third-order valence-electron chi connectivity index (χ3n) is 4.04. The average molecular weight is 424 g/mol. The summed E-state index contributed by atoms with van der Waals surface area (Å²) in [7, 11) is 0. The van der Waals surface area contributed by atoms with E-state index in [9.17, 15) is 27.9 Å². The summed E-state index contributed by atoms with van der Waals surface area (Å²) in [6.45, 7) is -0.867. The van der Waals surface area contributed by atoms with E-state index >= 15 is 0 Å². The molecule has 2 N–H and O–H groups in total. The molecule has 0 saturated carbocycles. The SMILES string of the molecule is O=C(COC(=O)c1ccc2ccccc2c1O)Nc1c(Cl)cccc1C(F)(F)F. The quantitative estimate of drug-likeness (QED) is 0.578. The van der Waals surface area contributed by atoms with E-state index in [-0.39, 0.29) is 16.3 Å². The number of esters is 1. The summed E-state index contributed by atoms with van der Waals surface area (Å²) in [6.07, 6.45) is -4.74. The van der Waals surface area contributed by atoms with Gasteiger partial charge in [0.25, 0.3) is 5.91 Å². The highest BCUT2D eigenvalue weighted by molar-refractivity contribution is 6.34. The Morgan fingerprint density at radius 1 is 1.03 bits per heavy atom. The number of benzene rings is 3. The van der Waals surface area contributed by atoms with Crippen molar-refractivity contribution in [3.63, 3.8) is 0 Å². The highest BCUT2D eigenvalue weighted by atomic mass is 35.5. The molecule has 0 radical (unpaired) electrons. The van der Waals surface area contributed by atoms with Crippen LogP contribution >= 0.6 is 11.6 Å². The van der Waals surface area contributed by atoms with Gasteiger partial charge in [-0.3, -0.25) is 4.79 Å². The maximum atomic E-state index is 13.1. The zero-order valence-corrected chi connectivity index (χ0v) is 15.3. The minimum atomic E-state index is -4.74. The first-order valence-corrected chi connectivity index (χ1v) is 8.59. The van der Waals surface area contributed by atoms with E-state index < -0.39 is 35.9 Å². The fourth-order valence-electron chi connectivity index (χ4n) is 2.69. The smallest absolute Gasteiger partial charge is 0.418 e. The van der Waals surface area contributed by atoms with Crippen LogP contribution in [-0.2, 0) is 15.7 Å². The van der Waals surface area contributed by atoms with E-state index in [1.54, 1.807) is 30.3 Å². The Balaban J connectivity index is 1.72. The predicted octanol–water partition coefficient (Wildman–Crippen LogP) is 5.01. The molecule has 0 atom stereocenters. The number of anilines is 1. The predicted molar refractivity (Wildman–Crippen MR) is 101 cm³/mol. The van der Waals surface area contributed by atoms with Gasteiger partial charge in [0.2, 0.25) is 0 Å². The first-order chi connectivity index (χ1) is 13.7. The van der Waals surface area contributed by atoms with Gasteiger partial charge in [0, 0.05) is 5.39 Å². The van der Waals surface area contributed by atoms with Crippen LogP contribution in [0.2, 0.25) is 5.02 Å². The molecule has 0 bridgehead atoms. The molecule has 150 valence electrons. The molecular formula is C20H13ClF3NO4. The number of carbonyl (C=O) groups is 2. The van der Waals surface area contributed by atoms with Crippen molar-refractivity contribution < 1.29 is 32.6 Å². The number of para-hydroxylation sites is 1. The summed E-state index contributed by atoms with van der Waals surface area (Å²) in [5.74, 6) is -2.34. The number of hydrogen-bond acceptors (Lipinski definition) is 4. The highest BCUT2D eigenvalue weighted by Gasteiger charge is 2.34. The van der Waals surface area contributed by atoms with Crippen LogP contribution in [0.5, 0.6) is 5.75 Å². The Labute approximate surface area is 167 Å². The molecule has 0 aliphatic heterocycles. The number of phenols is 1. The van der Waals surface area contributed by atoms with E-state index in [1.807, 2.05) is 5.32 Å². The normalized spacial score (nSPS) is 11.3. The minimum Gasteiger partial charge on any atom is -0.506 e. The van der Waals surface area contributed by atoms with E-state index in [4.69, 9.17) is 16.3 Å². The van der Waals surface area contributed by atoms with Gasteiger partial charge in [-0.2, -0.15) is 13.2 Å². The molecule has 1 amide bonds. The number of rotatable bonds is 4. The van der Waals surface area contributed by atoms with Crippen LogP contribution in [0.4, 0.5) is 18.9 Å². The second-order valence-corrected chi connectivity index (χ2v) is 6.37. The number of aromatic hydroxyl groups is 1. The zero-order valence-electron chi connectivity index (χ0n) is 14.6. The Morgan fingerprint density at radius 2 is 1.76 bits per heavy atom. The molecule has 3 aromatic carbocycles. The number of amides is 1. The monoisotopic (exact) mass is 423 g/mol. The first-order valence-electron chi connectivity index (χ1n) is 8.22. The van der Waals surface area contributed by atoms with Gasteiger partial charge in [-0.1, -0.05) is 48.0 Å². The Hall–Kier alpha value is -3.26. The van der Waals surface area contributed by atoms with Gasteiger partial charge in [0.1, 0.15) is 11.3 Å². The molecule has 3 rings (SSSR count). The summed E-state index contributed by atoms with van der Waals surface area (Å²) >= 11 is 5.76. The van der Waals surface area contributed by atoms with Gasteiger partial charge in [-0.05, 0) is 23.6 Å². The summed E-state index contributed by atoms with van der Waals surface area (Å²) in [5, 5.41) is 13.0. The van der Waals surface area contributed by atoms with Crippen LogP contribution in [0.25, 0.3) is 10.8 Å². The molecule has 0 heterocycles. The summed E-state index contributed by atoms with van der Waals surface area (Å²) < 4.78 is 44.0. The van der Waals surface area contributed by atoms with Gasteiger partial charge < -0.3 is 15.2 Å². The molecule has 0 spiro atoms. The van der Waals surface area contributed by atoms with Crippen LogP contribution in [0, 0.1) is 0 Å². The third kappa shape index (κ3) is 4.43. The van der Waals surface area contributed by atoms with Gasteiger partial charge in [0.05, 0.1) is 16.3 Å². The number of carbonyl (C=O) groups excluding carboxylic acids is 2. The van der Waals surface area contributed by atoms with Crippen molar-refractivity contribution in [2.45, 2.75) is 6.18 Å². The number of hydrogen-bond donors (Lipinski definition) is 2. The fourth-order valence-corrected chi connectivity index (χ4v) is 2.91. The topological polar surface area (TPSA) is 75.6 Å². The van der Waals surface area contributed by atoms with Crippen LogP contribution in [0.15, 0.2) is 54.6 Å². The maximum Gasteiger partial charge on any atom is 0.418 e. The largest absolute Gasteiger partial charge is 0.506 e. The molecule has 29 heavy (non-hydrogen) atoms. The lowest BCUT2D eigenvalue weighted by Gasteiger charge is -2.15. The van der Waals surface area contributed by atoms with Crippen molar-refractivity contribution in [2.75, 3.05) is 11.9 Å². The number of alkyl halides is 3. The molecule has 0 aliphatic rings. The second-order valence-electron chi connectivity index (χ2n) is 5.97. The lowest BCUT2D eigenvalue weighted by molar-refractivity contribution is -0.137. The van der Waals surface area contributed by atoms with Gasteiger partial charge in [-0.25, -0.2) is 4.79 Å². The second kappa shape index (κ2) is 8.00. The van der Waals surface area contributed by atoms with Crippen molar-refractivity contribution in [1.29, 1.82) is 0 Å². The Morgan fingerprint density at radius 3 is 2.48 bits per heavy atom. The number of ether oxygens (including phenoxy) is 1. The molecule has 0 unspecified atom stereocenters.